The molecule has 5 aromatic carbocycles. The molecule has 86 heavy (non-hydrogen) atoms. The van der Waals surface area contributed by atoms with E-state index in [1.165, 1.54) is 0 Å². The van der Waals surface area contributed by atoms with E-state index in [-0.39, 0.29) is 0 Å². The normalized spacial score (nSPS) is 12.5. The lowest BCUT2D eigenvalue weighted by Crippen LogP contribution is -2.06. The second-order valence-electron chi connectivity index (χ2n) is 18.7. The molecule has 1 aliphatic rings. The summed E-state index contributed by atoms with van der Waals surface area (Å²) in [4.78, 5) is 14.4. The Morgan fingerprint density at radius 2 is 0.547 bits per heavy atom. The Balaban J connectivity index is 1.46. The molecule has 0 atom stereocenters. The lowest BCUT2D eigenvalue weighted by Gasteiger charge is -2.12. The van der Waals surface area contributed by atoms with Crippen LogP contribution < -0.4 is 5.73 Å². The maximum absolute atomic E-state index is 16.8. The first kappa shape index (κ1) is 55.1. The Morgan fingerprint density at radius 1 is 0.267 bits per heavy atom. The van der Waals surface area contributed by atoms with Gasteiger partial charge in [-0.1, -0.05) is 0 Å². The predicted octanol–water partition coefficient (Wildman–Crippen LogP) is 17.1. The Labute approximate surface area is 454 Å². The molecule has 1 aliphatic heterocycles. The zero-order valence-electron chi connectivity index (χ0n) is 40.3. The van der Waals surface area contributed by atoms with Crippen molar-refractivity contribution in [3.05, 3.63) is 181 Å². The van der Waals surface area contributed by atoms with E-state index in [0.29, 0.717) is 40.8 Å². The van der Waals surface area contributed by atoms with Crippen molar-refractivity contribution in [3.63, 3.8) is 0 Å². The zero-order valence-corrected chi connectivity index (χ0v) is 40.3. The summed E-state index contributed by atoms with van der Waals surface area (Å²) in [6, 6.07) is 2.09. The maximum atomic E-state index is 16.8. The lowest BCUT2D eigenvalue weighted by atomic mass is 9.97. The summed E-state index contributed by atoms with van der Waals surface area (Å²) in [5.74, 6) is -71.3. The van der Waals surface area contributed by atoms with Crippen molar-refractivity contribution in [1.82, 2.24) is 24.3 Å². The van der Waals surface area contributed by atoms with Gasteiger partial charge in [-0.3, -0.25) is 0 Å². The number of anilines is 1. The van der Waals surface area contributed by atoms with Gasteiger partial charge in [-0.15, -0.1) is 0 Å². The summed E-state index contributed by atoms with van der Waals surface area (Å²) in [5, 5.41) is -2.72. The molecule has 0 saturated heterocycles. The van der Waals surface area contributed by atoms with E-state index < -0.39 is 279 Å². The monoisotopic (exact) mass is 1230 g/mol. The molecule has 0 amide bonds. The number of nitrogen functional groups attached to an aromatic ring is 1. The average molecular weight is 1230 g/mol. The molecule has 0 fully saturated rings. The van der Waals surface area contributed by atoms with Crippen LogP contribution >= 0.6 is 0 Å². The molecule has 434 valence electrons. The van der Waals surface area contributed by atoms with Gasteiger partial charge in [0.25, 0.3) is 0 Å². The first-order valence-corrected chi connectivity index (χ1v) is 23.3. The van der Waals surface area contributed by atoms with Crippen LogP contribution in [0.25, 0.3) is 128 Å². The third-order valence-electron chi connectivity index (χ3n) is 14.4. The van der Waals surface area contributed by atoms with Crippen LogP contribution in [0.4, 0.5) is 115 Å². The summed E-state index contributed by atoms with van der Waals surface area (Å²) in [6.45, 7) is 0. The van der Waals surface area contributed by atoms with Gasteiger partial charge in [-0.05, 0) is 36.4 Å². The van der Waals surface area contributed by atoms with Crippen molar-refractivity contribution < 1.29 is 110 Å². The first-order chi connectivity index (χ1) is 40.6. The highest BCUT2D eigenvalue weighted by Gasteiger charge is 2.40. The Kier molecular flexibility index (Phi) is 11.7. The quantitative estimate of drug-likeness (QED) is 0.102. The van der Waals surface area contributed by atoms with E-state index in [9.17, 15) is 13.2 Å². The fourth-order valence-electron chi connectivity index (χ4n) is 10.8. The van der Waals surface area contributed by atoms with Gasteiger partial charge >= 0.3 is 0 Å². The van der Waals surface area contributed by atoms with Crippen molar-refractivity contribution >= 4 is 78.3 Å². The molecular weight excluding hydrogens is 1220 g/mol. The number of pyridine rings is 1. The molecule has 0 saturated carbocycles. The lowest BCUT2D eigenvalue weighted by molar-refractivity contribution is 0.381. The minimum atomic E-state index is -2.98. The van der Waals surface area contributed by atoms with Crippen LogP contribution in [0.5, 0.6) is 0 Å². The van der Waals surface area contributed by atoms with Crippen molar-refractivity contribution in [2.75, 3.05) is 5.73 Å². The van der Waals surface area contributed by atoms with E-state index >= 15 is 96.6 Å². The fraction of sp³-hybridized carbons (Fsp3) is 0. The van der Waals surface area contributed by atoms with E-state index in [2.05, 4.69) is 19.9 Å². The van der Waals surface area contributed by atoms with Crippen LogP contribution in [-0.2, 0) is 0 Å². The largest absolute Gasteiger partial charge is 0.396 e. The number of nitrogens with two attached hydrogens (primary N) is 1. The molecule has 0 spiro atoms. The van der Waals surface area contributed by atoms with Crippen LogP contribution in [0.2, 0.25) is 0 Å². The van der Waals surface area contributed by atoms with Gasteiger partial charge in [0.1, 0.15) is 0 Å². The number of H-pyrrole nitrogens is 1. The molecule has 3 N–H and O–H groups in total. The summed E-state index contributed by atoms with van der Waals surface area (Å²) in [7, 11) is 0. The minimum Gasteiger partial charge on any atom is -0.396 e. The standard InChI is InChI=1S/C55H9F25N6/c56-25-18(26(57)36(67)45(76)35(25)66)13-7-1-3-9(82-7)14(19-27(58)37(68)46(77)38(69)28(19)59)51-23-24-52(84-51)16(21-31(62)41(72)48(79)42(73)32(21)63)11-5-6-12-17(22-33(64)43(74)49(80)44(75)34(22)65)54(55(24)86(11)12)85-53(50(23)81)15(10-4-2-8(13)83-10)20-29(60)39(70)47(78)40(71)30(20)61/h1-6,82H,81H2. The Morgan fingerprint density at radius 3 is 0.930 bits per heavy atom. The number of hydrogen-bond acceptors (Lipinski definition) is 4. The van der Waals surface area contributed by atoms with Gasteiger partial charge in [0, 0.05) is 49.6 Å². The van der Waals surface area contributed by atoms with Crippen molar-refractivity contribution in [2.45, 2.75) is 0 Å². The van der Waals surface area contributed by atoms with Gasteiger partial charge in [-0.2, -0.15) is 0 Å². The first-order valence-electron chi connectivity index (χ1n) is 23.3. The number of benzene rings is 5. The Bertz CT molecular complexity index is 5180. The number of aromatic amines is 1. The van der Waals surface area contributed by atoms with Crippen molar-refractivity contribution in [1.29, 1.82) is 0 Å². The molecule has 12 aromatic rings. The number of fused-ring (bicyclic) bond motifs is 5. The molecule has 6 bridgehead atoms. The molecule has 6 nitrogen and oxygen atoms in total. The van der Waals surface area contributed by atoms with E-state index in [4.69, 9.17) is 5.73 Å². The molecule has 0 radical (unpaired) electrons. The number of hydrogen-bond donors (Lipinski definition) is 2. The number of nitrogens with one attached hydrogen (secondary N) is 1. The van der Waals surface area contributed by atoms with Crippen molar-refractivity contribution in [3.8, 4) is 55.6 Å². The molecule has 8 heterocycles. The highest BCUT2D eigenvalue weighted by Crippen LogP contribution is 2.54. The molecule has 13 rings (SSSR count). The molecule has 7 aromatic heterocycles. The number of aromatic nitrogens is 5. The van der Waals surface area contributed by atoms with Crippen molar-refractivity contribution in [2.24, 2.45) is 0 Å². The van der Waals surface area contributed by atoms with Gasteiger partial charge < -0.3 is 15.1 Å². The second-order valence-corrected chi connectivity index (χ2v) is 18.7. The van der Waals surface area contributed by atoms with Crippen LogP contribution in [0.3, 0.4) is 0 Å². The Hall–Kier alpha value is -10.1. The number of halogens is 25. The molecular formula is C55H9F25N6. The van der Waals surface area contributed by atoms with E-state index in [1.54, 1.807) is 0 Å². The van der Waals surface area contributed by atoms with Gasteiger partial charge in [0.05, 0.1) is 83.5 Å². The summed E-state index contributed by atoms with van der Waals surface area (Å²) in [5.41, 5.74) is -28.4. The number of nitrogens with zero attached hydrogens (tertiary/aromatic N) is 4. The molecule has 0 unspecified atom stereocenters. The smallest absolute Gasteiger partial charge is 0.200 e. The fourth-order valence-corrected chi connectivity index (χ4v) is 10.8. The van der Waals surface area contributed by atoms with Crippen LogP contribution in [-0.4, -0.2) is 24.3 Å². The predicted molar refractivity (Wildman–Crippen MR) is 252 cm³/mol. The maximum Gasteiger partial charge on any atom is 0.200 e. The van der Waals surface area contributed by atoms with Crippen LogP contribution in [0, 0.1) is 145 Å². The topological polar surface area (TPSA) is 84.9 Å². The highest BCUT2D eigenvalue weighted by molar-refractivity contribution is 6.33. The minimum absolute atomic E-state index is 0.404. The third-order valence-corrected chi connectivity index (χ3v) is 14.4. The highest BCUT2D eigenvalue weighted by atomic mass is 19.2. The van der Waals surface area contributed by atoms with Gasteiger partial charge in [-0.25, -0.2) is 125 Å². The van der Waals surface area contributed by atoms with Crippen LogP contribution in [0.15, 0.2) is 24.3 Å². The zero-order chi connectivity index (χ0) is 61.9. The van der Waals surface area contributed by atoms with E-state index in [1.807, 2.05) is 0 Å². The third kappa shape index (κ3) is 6.77. The summed E-state index contributed by atoms with van der Waals surface area (Å²) >= 11 is 0. The van der Waals surface area contributed by atoms with E-state index in [0.717, 1.165) is 0 Å². The number of rotatable bonds is 5. The summed E-state index contributed by atoms with van der Waals surface area (Å²) < 4.78 is 396. The molecule has 0 aliphatic carbocycles. The second kappa shape index (κ2) is 18.2. The van der Waals surface area contributed by atoms with Crippen LogP contribution in [0.1, 0.15) is 11.4 Å². The average Bonchev–Trinajstić information content (AvgIpc) is 1.51. The SMILES string of the molecule is Nc1c2nc3c(-c4c(F)c(F)c(F)c(F)c4F)c4ccc5c(-c6c(F)c(F)c(F)c(F)c6F)c6nc(c(-c7c(F)c(F)c(F)c(F)c7F)c7ccc([nH]7)c(-c7c(F)c(F)c(F)c(F)c7F)c7nc(c2-c2c(F)c(F)c(F)c(F)c2F)C=C7)c1c6c3n54. The molecule has 31 heteroatoms. The van der Waals surface area contributed by atoms with Gasteiger partial charge in [0.15, 0.2) is 116 Å². The van der Waals surface area contributed by atoms with Gasteiger partial charge in [0.2, 0.25) is 29.1 Å². The summed E-state index contributed by atoms with van der Waals surface area (Å²) in [6.07, 6.45) is 0.841.